The number of hydrogen-bond donors (Lipinski definition) is 2. The molecule has 0 unspecified atom stereocenters. The zero-order valence-electron chi connectivity index (χ0n) is 18.3. The molecule has 4 rings (SSSR count). The minimum Gasteiger partial charge on any atom is -0.497 e. The fraction of sp³-hybridized carbons (Fsp3) is 0.333. The molecule has 0 atom stereocenters. The second kappa shape index (κ2) is 10.2. The Morgan fingerprint density at radius 1 is 0.781 bits per heavy atom. The van der Waals surface area contributed by atoms with Crippen molar-refractivity contribution in [2.45, 2.75) is 37.8 Å². The first-order valence-electron chi connectivity index (χ1n) is 10.7. The van der Waals surface area contributed by atoms with Crippen LogP contribution in [-0.2, 0) is 0 Å². The highest BCUT2D eigenvalue weighted by Gasteiger charge is 2.21. The lowest BCUT2D eigenvalue weighted by Crippen LogP contribution is -2.32. The molecule has 0 spiro atoms. The molecule has 3 aromatic rings. The number of aromatic nitrogens is 2. The maximum atomic E-state index is 6.09. The van der Waals surface area contributed by atoms with E-state index in [0.717, 1.165) is 37.2 Å². The Hall–Kier alpha value is -3.52. The van der Waals surface area contributed by atoms with E-state index < -0.39 is 0 Å². The second-order valence-electron chi connectivity index (χ2n) is 7.68. The number of rotatable bonds is 8. The largest absolute Gasteiger partial charge is 0.497 e. The summed E-state index contributed by atoms with van der Waals surface area (Å²) < 4.78 is 22.3. The molecule has 1 fully saturated rings. The second-order valence-corrected chi connectivity index (χ2v) is 7.68. The van der Waals surface area contributed by atoms with Crippen LogP contribution in [0.3, 0.4) is 0 Å². The summed E-state index contributed by atoms with van der Waals surface area (Å²) in [5, 5.41) is 3.52. The third-order valence-corrected chi connectivity index (χ3v) is 5.41. The van der Waals surface area contributed by atoms with Crippen LogP contribution >= 0.6 is 0 Å². The third-order valence-electron chi connectivity index (χ3n) is 5.41. The van der Waals surface area contributed by atoms with Gasteiger partial charge in [0.2, 0.25) is 5.88 Å². The maximum absolute atomic E-state index is 6.09. The van der Waals surface area contributed by atoms with Crippen molar-refractivity contribution in [1.82, 2.24) is 9.97 Å². The molecule has 1 aliphatic rings. The van der Waals surface area contributed by atoms with Gasteiger partial charge in [-0.15, -0.1) is 0 Å². The van der Waals surface area contributed by atoms with E-state index in [0.29, 0.717) is 29.1 Å². The summed E-state index contributed by atoms with van der Waals surface area (Å²) in [5.41, 5.74) is 6.76. The van der Waals surface area contributed by atoms with Crippen LogP contribution in [0.5, 0.6) is 34.9 Å². The van der Waals surface area contributed by atoms with Gasteiger partial charge in [-0.2, -0.15) is 4.98 Å². The van der Waals surface area contributed by atoms with Crippen LogP contribution in [0.2, 0.25) is 0 Å². The van der Waals surface area contributed by atoms with E-state index in [-0.39, 0.29) is 12.1 Å². The van der Waals surface area contributed by atoms with Gasteiger partial charge in [0.25, 0.3) is 0 Å². The maximum Gasteiger partial charge on any atom is 0.325 e. The van der Waals surface area contributed by atoms with E-state index in [9.17, 15) is 0 Å². The van der Waals surface area contributed by atoms with Crippen LogP contribution in [0.25, 0.3) is 0 Å². The molecule has 0 bridgehead atoms. The summed E-state index contributed by atoms with van der Waals surface area (Å²) >= 11 is 0. The van der Waals surface area contributed by atoms with Crippen LogP contribution in [0.4, 0.5) is 5.69 Å². The molecule has 0 amide bonds. The number of benzene rings is 2. The number of nitrogens with one attached hydrogen (secondary N) is 1. The van der Waals surface area contributed by atoms with E-state index in [1.54, 1.807) is 32.5 Å². The zero-order valence-corrected chi connectivity index (χ0v) is 18.3. The molecule has 168 valence electrons. The SMILES string of the molecule is COc1ccc(Oc2ncc(NC3CCC(N)CC3)c(Oc3ccc(OC)cc3)n2)cc1. The topological polar surface area (TPSA) is 101 Å². The molecule has 2 aromatic carbocycles. The Morgan fingerprint density at radius 2 is 1.31 bits per heavy atom. The van der Waals surface area contributed by atoms with Crippen LogP contribution in [0.15, 0.2) is 54.7 Å². The highest BCUT2D eigenvalue weighted by molar-refractivity contribution is 5.54. The highest BCUT2D eigenvalue weighted by atomic mass is 16.5. The molecule has 1 aromatic heterocycles. The van der Waals surface area contributed by atoms with E-state index in [1.807, 2.05) is 36.4 Å². The fourth-order valence-electron chi connectivity index (χ4n) is 3.56. The minimum absolute atomic E-state index is 0.190. The average Bonchev–Trinajstić information content (AvgIpc) is 2.83. The van der Waals surface area contributed by atoms with Crippen LogP contribution in [0.1, 0.15) is 25.7 Å². The molecule has 1 heterocycles. The summed E-state index contributed by atoms with van der Waals surface area (Å²) in [6.07, 6.45) is 5.66. The number of methoxy groups -OCH3 is 2. The van der Waals surface area contributed by atoms with Crippen LogP contribution < -0.4 is 30.0 Å². The minimum atomic E-state index is 0.190. The molecule has 0 aliphatic heterocycles. The molecule has 1 aliphatic carbocycles. The Balaban J connectivity index is 1.56. The lowest BCUT2D eigenvalue weighted by atomic mass is 9.92. The number of hydrogen-bond acceptors (Lipinski definition) is 8. The zero-order chi connectivity index (χ0) is 22.3. The monoisotopic (exact) mass is 436 g/mol. The Labute approximate surface area is 187 Å². The number of ether oxygens (including phenoxy) is 4. The highest BCUT2D eigenvalue weighted by Crippen LogP contribution is 2.33. The standard InChI is InChI=1S/C24H28N4O4/c1-29-18-7-11-20(12-8-18)31-23-22(27-17-5-3-16(25)4-6-17)15-26-24(28-23)32-21-13-9-19(30-2)10-14-21/h7-17,27H,3-6,25H2,1-2H3. The van der Waals surface area contributed by atoms with Gasteiger partial charge in [-0.05, 0) is 74.2 Å². The summed E-state index contributed by atoms with van der Waals surface area (Å²) in [5.74, 6) is 3.12. The van der Waals surface area contributed by atoms with Gasteiger partial charge in [-0.25, -0.2) is 4.98 Å². The fourth-order valence-corrected chi connectivity index (χ4v) is 3.56. The summed E-state index contributed by atoms with van der Waals surface area (Å²) in [6.45, 7) is 0. The van der Waals surface area contributed by atoms with Crippen molar-refractivity contribution in [3.8, 4) is 34.9 Å². The van der Waals surface area contributed by atoms with Crippen molar-refractivity contribution in [3.63, 3.8) is 0 Å². The van der Waals surface area contributed by atoms with Gasteiger partial charge in [0.1, 0.15) is 28.7 Å². The third kappa shape index (κ3) is 5.59. The Morgan fingerprint density at radius 3 is 1.88 bits per heavy atom. The van der Waals surface area contributed by atoms with Crippen molar-refractivity contribution in [3.05, 3.63) is 54.7 Å². The van der Waals surface area contributed by atoms with Crippen molar-refractivity contribution < 1.29 is 18.9 Å². The summed E-state index contributed by atoms with van der Waals surface area (Å²) in [4.78, 5) is 8.90. The molecule has 8 nitrogen and oxygen atoms in total. The average molecular weight is 437 g/mol. The Kier molecular flexibility index (Phi) is 6.91. The van der Waals surface area contributed by atoms with E-state index in [4.69, 9.17) is 24.7 Å². The molecular weight excluding hydrogens is 408 g/mol. The van der Waals surface area contributed by atoms with Gasteiger partial charge in [0.15, 0.2) is 0 Å². The van der Waals surface area contributed by atoms with Crippen molar-refractivity contribution in [1.29, 1.82) is 0 Å². The molecule has 8 heteroatoms. The van der Waals surface area contributed by atoms with E-state index >= 15 is 0 Å². The lowest BCUT2D eigenvalue weighted by molar-refractivity contribution is 0.397. The molecule has 0 saturated heterocycles. The molecule has 0 radical (unpaired) electrons. The quantitative estimate of drug-likeness (QED) is 0.521. The van der Waals surface area contributed by atoms with E-state index in [1.165, 1.54) is 0 Å². The van der Waals surface area contributed by atoms with Crippen LogP contribution in [0, 0.1) is 0 Å². The number of nitrogens with zero attached hydrogens (tertiary/aromatic N) is 2. The first-order valence-corrected chi connectivity index (χ1v) is 10.7. The number of anilines is 1. The smallest absolute Gasteiger partial charge is 0.325 e. The first-order chi connectivity index (χ1) is 15.6. The van der Waals surface area contributed by atoms with Crippen LogP contribution in [-0.4, -0.2) is 36.3 Å². The molecular formula is C24H28N4O4. The predicted molar refractivity (Wildman–Crippen MR) is 122 cm³/mol. The number of nitrogens with two attached hydrogens (primary N) is 1. The molecule has 32 heavy (non-hydrogen) atoms. The van der Waals surface area contributed by atoms with E-state index in [2.05, 4.69) is 15.3 Å². The molecule has 1 saturated carbocycles. The summed E-state index contributed by atoms with van der Waals surface area (Å²) in [7, 11) is 3.24. The Bertz CT molecular complexity index is 1000. The van der Waals surface area contributed by atoms with Crippen molar-refractivity contribution in [2.75, 3.05) is 19.5 Å². The molecule has 3 N–H and O–H groups in total. The van der Waals surface area contributed by atoms with Gasteiger partial charge in [-0.3, -0.25) is 0 Å². The first kappa shape index (κ1) is 21.7. The predicted octanol–water partition coefficient (Wildman–Crippen LogP) is 4.76. The normalized spacial score (nSPS) is 18.0. The van der Waals surface area contributed by atoms with Crippen molar-refractivity contribution in [2.24, 2.45) is 5.73 Å². The van der Waals surface area contributed by atoms with Gasteiger partial charge in [-0.1, -0.05) is 0 Å². The van der Waals surface area contributed by atoms with Gasteiger partial charge < -0.3 is 30.0 Å². The van der Waals surface area contributed by atoms with Gasteiger partial charge in [0, 0.05) is 12.1 Å². The van der Waals surface area contributed by atoms with Gasteiger partial charge in [0.05, 0.1) is 20.4 Å². The summed E-state index contributed by atoms with van der Waals surface area (Å²) in [6, 6.07) is 15.3. The van der Waals surface area contributed by atoms with Crippen molar-refractivity contribution >= 4 is 5.69 Å². The lowest BCUT2D eigenvalue weighted by Gasteiger charge is -2.27. The van der Waals surface area contributed by atoms with Gasteiger partial charge >= 0.3 is 6.01 Å².